The van der Waals surface area contributed by atoms with E-state index in [2.05, 4.69) is 44.0 Å². The van der Waals surface area contributed by atoms with Crippen LogP contribution in [0.25, 0.3) is 0 Å². The van der Waals surface area contributed by atoms with E-state index in [1.807, 2.05) is 6.07 Å². The fourth-order valence-electron chi connectivity index (χ4n) is 2.39. The molecule has 0 aliphatic carbocycles. The van der Waals surface area contributed by atoms with Crippen LogP contribution in [0.1, 0.15) is 31.0 Å². The standard InChI is InChI=1S/C15H26N2O/c1-12(2)10-17(3)15(9-16)14-8-6-5-7-13(14)11-18-4/h5-8,12,15H,9-11,16H2,1-4H3. The summed E-state index contributed by atoms with van der Waals surface area (Å²) in [6.45, 7) is 6.77. The van der Waals surface area contributed by atoms with E-state index in [0.29, 0.717) is 19.1 Å². The first kappa shape index (κ1) is 15.2. The van der Waals surface area contributed by atoms with Crippen molar-refractivity contribution in [3.63, 3.8) is 0 Å². The minimum absolute atomic E-state index is 0.263. The molecule has 1 rings (SSSR count). The third-order valence-electron chi connectivity index (χ3n) is 3.12. The Hall–Kier alpha value is -0.900. The maximum absolute atomic E-state index is 5.96. The lowest BCUT2D eigenvalue weighted by atomic mass is 9.99. The van der Waals surface area contributed by atoms with Crippen molar-refractivity contribution in [1.29, 1.82) is 0 Å². The first-order valence-electron chi connectivity index (χ1n) is 6.57. The summed E-state index contributed by atoms with van der Waals surface area (Å²) in [6.07, 6.45) is 0. The van der Waals surface area contributed by atoms with Crippen molar-refractivity contribution in [2.75, 3.05) is 27.2 Å². The molecule has 1 aromatic rings. The zero-order valence-corrected chi connectivity index (χ0v) is 12.0. The van der Waals surface area contributed by atoms with E-state index in [9.17, 15) is 0 Å². The Morgan fingerprint density at radius 2 is 1.94 bits per heavy atom. The minimum atomic E-state index is 0.263. The van der Waals surface area contributed by atoms with Gasteiger partial charge in [0.25, 0.3) is 0 Å². The maximum atomic E-state index is 5.96. The Morgan fingerprint density at radius 1 is 1.28 bits per heavy atom. The first-order valence-corrected chi connectivity index (χ1v) is 6.57. The first-order chi connectivity index (χ1) is 8.60. The summed E-state index contributed by atoms with van der Waals surface area (Å²) in [5.74, 6) is 0.638. The van der Waals surface area contributed by atoms with Crippen LogP contribution >= 0.6 is 0 Å². The van der Waals surface area contributed by atoms with E-state index < -0.39 is 0 Å². The average Bonchev–Trinajstić information content (AvgIpc) is 2.31. The van der Waals surface area contributed by atoms with Crippen LogP contribution < -0.4 is 5.73 Å². The van der Waals surface area contributed by atoms with Gasteiger partial charge in [-0.2, -0.15) is 0 Å². The largest absolute Gasteiger partial charge is 0.380 e. The lowest BCUT2D eigenvalue weighted by Gasteiger charge is -2.30. The average molecular weight is 250 g/mol. The number of hydrogen-bond acceptors (Lipinski definition) is 3. The van der Waals surface area contributed by atoms with E-state index in [1.54, 1.807) is 7.11 Å². The van der Waals surface area contributed by atoms with Gasteiger partial charge in [0.1, 0.15) is 0 Å². The van der Waals surface area contributed by atoms with Gasteiger partial charge in [-0.3, -0.25) is 4.90 Å². The van der Waals surface area contributed by atoms with Gasteiger partial charge in [-0.05, 0) is 24.1 Å². The second-order valence-electron chi connectivity index (χ2n) is 5.22. The zero-order chi connectivity index (χ0) is 13.5. The number of benzene rings is 1. The van der Waals surface area contributed by atoms with Gasteiger partial charge in [0.05, 0.1) is 6.61 Å². The molecule has 0 heterocycles. The summed E-state index contributed by atoms with van der Waals surface area (Å²) in [5, 5.41) is 0. The van der Waals surface area contributed by atoms with Crippen molar-refractivity contribution < 1.29 is 4.74 Å². The SMILES string of the molecule is COCc1ccccc1C(CN)N(C)CC(C)C. The summed E-state index contributed by atoms with van der Waals surface area (Å²) in [4.78, 5) is 2.33. The van der Waals surface area contributed by atoms with Gasteiger partial charge >= 0.3 is 0 Å². The number of nitrogens with zero attached hydrogens (tertiary/aromatic N) is 1. The highest BCUT2D eigenvalue weighted by molar-refractivity contribution is 5.30. The molecule has 3 heteroatoms. The highest BCUT2D eigenvalue weighted by Crippen LogP contribution is 2.23. The molecule has 0 aliphatic heterocycles. The predicted octanol–water partition coefficient (Wildman–Crippen LogP) is 2.42. The van der Waals surface area contributed by atoms with Gasteiger partial charge in [0.2, 0.25) is 0 Å². The quantitative estimate of drug-likeness (QED) is 0.807. The molecule has 0 radical (unpaired) electrons. The van der Waals surface area contributed by atoms with Crippen molar-refractivity contribution in [3.05, 3.63) is 35.4 Å². The number of ether oxygens (including phenoxy) is 1. The molecule has 1 unspecified atom stereocenters. The van der Waals surface area contributed by atoms with Crippen molar-refractivity contribution in [3.8, 4) is 0 Å². The second-order valence-corrected chi connectivity index (χ2v) is 5.22. The molecule has 0 amide bonds. The number of methoxy groups -OCH3 is 1. The van der Waals surface area contributed by atoms with Crippen molar-refractivity contribution in [2.45, 2.75) is 26.5 Å². The Morgan fingerprint density at radius 3 is 2.50 bits per heavy atom. The van der Waals surface area contributed by atoms with E-state index in [1.165, 1.54) is 11.1 Å². The summed E-state index contributed by atoms with van der Waals surface area (Å²) >= 11 is 0. The van der Waals surface area contributed by atoms with Crippen LogP contribution in [0, 0.1) is 5.92 Å². The fourth-order valence-corrected chi connectivity index (χ4v) is 2.39. The van der Waals surface area contributed by atoms with Crippen LogP contribution in [0.2, 0.25) is 0 Å². The van der Waals surface area contributed by atoms with Gasteiger partial charge in [0, 0.05) is 26.2 Å². The van der Waals surface area contributed by atoms with Gasteiger partial charge in [-0.15, -0.1) is 0 Å². The monoisotopic (exact) mass is 250 g/mol. The molecule has 1 aromatic carbocycles. The Balaban J connectivity index is 2.93. The molecule has 0 spiro atoms. The topological polar surface area (TPSA) is 38.5 Å². The summed E-state index contributed by atoms with van der Waals surface area (Å²) in [7, 11) is 3.87. The molecule has 0 fully saturated rings. The van der Waals surface area contributed by atoms with Crippen LogP contribution in [0.4, 0.5) is 0 Å². The van der Waals surface area contributed by atoms with Gasteiger partial charge in [-0.25, -0.2) is 0 Å². The Labute approximate surface area is 111 Å². The lowest BCUT2D eigenvalue weighted by molar-refractivity contribution is 0.178. The van der Waals surface area contributed by atoms with Crippen LogP contribution in [-0.2, 0) is 11.3 Å². The summed E-state index contributed by atoms with van der Waals surface area (Å²) in [5.41, 5.74) is 8.47. The smallest absolute Gasteiger partial charge is 0.0716 e. The van der Waals surface area contributed by atoms with Crippen LogP contribution in [0.3, 0.4) is 0 Å². The molecular formula is C15H26N2O. The van der Waals surface area contributed by atoms with Gasteiger partial charge in [-0.1, -0.05) is 38.1 Å². The van der Waals surface area contributed by atoms with Gasteiger partial charge in [0.15, 0.2) is 0 Å². The molecular weight excluding hydrogens is 224 g/mol. The number of rotatable bonds is 7. The van der Waals surface area contributed by atoms with E-state index in [-0.39, 0.29) is 6.04 Å². The van der Waals surface area contributed by atoms with Crippen LogP contribution in [0.5, 0.6) is 0 Å². The van der Waals surface area contributed by atoms with E-state index >= 15 is 0 Å². The third-order valence-corrected chi connectivity index (χ3v) is 3.12. The molecule has 2 N–H and O–H groups in total. The van der Waals surface area contributed by atoms with Gasteiger partial charge < -0.3 is 10.5 Å². The fraction of sp³-hybridized carbons (Fsp3) is 0.600. The Kier molecular flexibility index (Phi) is 6.33. The Bertz CT molecular complexity index is 352. The highest BCUT2D eigenvalue weighted by atomic mass is 16.5. The minimum Gasteiger partial charge on any atom is -0.380 e. The second kappa shape index (κ2) is 7.52. The molecule has 1 atom stereocenters. The zero-order valence-electron chi connectivity index (χ0n) is 12.0. The van der Waals surface area contributed by atoms with Crippen molar-refractivity contribution in [1.82, 2.24) is 4.90 Å². The maximum Gasteiger partial charge on any atom is 0.0716 e. The molecule has 0 saturated carbocycles. The van der Waals surface area contributed by atoms with E-state index in [4.69, 9.17) is 10.5 Å². The molecule has 18 heavy (non-hydrogen) atoms. The number of likely N-dealkylation sites (N-methyl/N-ethyl adjacent to an activating group) is 1. The van der Waals surface area contributed by atoms with Crippen LogP contribution in [-0.4, -0.2) is 32.1 Å². The third kappa shape index (κ3) is 4.09. The molecule has 3 nitrogen and oxygen atoms in total. The summed E-state index contributed by atoms with van der Waals surface area (Å²) in [6, 6.07) is 8.65. The lowest BCUT2D eigenvalue weighted by Crippen LogP contribution is -2.33. The van der Waals surface area contributed by atoms with Crippen molar-refractivity contribution >= 4 is 0 Å². The number of nitrogens with two attached hydrogens (primary N) is 1. The van der Waals surface area contributed by atoms with Crippen molar-refractivity contribution in [2.24, 2.45) is 11.7 Å². The highest BCUT2D eigenvalue weighted by Gasteiger charge is 2.18. The number of hydrogen-bond donors (Lipinski definition) is 1. The molecule has 0 aromatic heterocycles. The van der Waals surface area contributed by atoms with E-state index in [0.717, 1.165) is 6.54 Å². The predicted molar refractivity (Wildman–Crippen MR) is 76.4 cm³/mol. The summed E-state index contributed by atoms with van der Waals surface area (Å²) < 4.78 is 5.26. The molecule has 0 saturated heterocycles. The molecule has 0 aliphatic rings. The van der Waals surface area contributed by atoms with Crippen LogP contribution in [0.15, 0.2) is 24.3 Å². The molecule has 102 valence electrons. The molecule has 0 bridgehead atoms. The normalized spacial score (nSPS) is 13.3.